The van der Waals surface area contributed by atoms with Gasteiger partial charge in [0.25, 0.3) is 0 Å². The molecule has 6 nitrogen and oxygen atoms in total. The van der Waals surface area contributed by atoms with Gasteiger partial charge in [-0.3, -0.25) is 4.90 Å². The molecular weight excluding hydrogens is 391 g/mol. The molecule has 1 aromatic carbocycles. The van der Waals surface area contributed by atoms with Crippen molar-refractivity contribution < 1.29 is 4.39 Å². The smallest absolute Gasteiger partial charge is 0.228 e. The normalized spacial score (nSPS) is 17.2. The summed E-state index contributed by atoms with van der Waals surface area (Å²) in [6.07, 6.45) is 7.76. The molecule has 0 unspecified atom stereocenters. The Kier molecular flexibility index (Phi) is 5.34. The Labute approximate surface area is 180 Å². The number of hydrogen-bond acceptors (Lipinski definition) is 5. The molecule has 1 aliphatic rings. The van der Waals surface area contributed by atoms with Gasteiger partial charge in [-0.2, -0.15) is 0 Å². The molecule has 1 aliphatic heterocycles. The lowest BCUT2D eigenvalue weighted by Crippen LogP contribution is -2.34. The highest BCUT2D eigenvalue weighted by Gasteiger charge is 2.23. The summed E-state index contributed by atoms with van der Waals surface area (Å²) in [5, 5.41) is 4.17. The highest BCUT2D eigenvalue weighted by molar-refractivity contribution is 5.84. The van der Waals surface area contributed by atoms with Crippen LogP contribution in [0.3, 0.4) is 0 Å². The maximum atomic E-state index is 13.8. The molecule has 1 fully saturated rings. The molecule has 0 amide bonds. The Hall–Kier alpha value is -3.32. The van der Waals surface area contributed by atoms with Crippen LogP contribution in [0.2, 0.25) is 0 Å². The summed E-state index contributed by atoms with van der Waals surface area (Å²) in [7, 11) is 2.02. The topological polar surface area (TPSA) is 58.9 Å². The fraction of sp³-hybridized carbons (Fsp3) is 0.292. The number of nitrogens with zero attached hydrogens (tertiary/aromatic N) is 5. The van der Waals surface area contributed by atoms with Crippen molar-refractivity contribution in [1.82, 2.24) is 24.4 Å². The molecule has 158 valence electrons. The van der Waals surface area contributed by atoms with Gasteiger partial charge in [-0.15, -0.1) is 0 Å². The number of fused-ring (bicyclic) bond motifs is 1. The van der Waals surface area contributed by atoms with Gasteiger partial charge < -0.3 is 9.88 Å². The second kappa shape index (κ2) is 8.43. The first-order valence-corrected chi connectivity index (χ1v) is 10.6. The molecule has 0 saturated carbocycles. The van der Waals surface area contributed by atoms with E-state index in [0.717, 1.165) is 54.9 Å². The molecule has 4 aromatic rings. The van der Waals surface area contributed by atoms with Crippen LogP contribution in [0.5, 0.6) is 0 Å². The monoisotopic (exact) mass is 416 g/mol. The van der Waals surface area contributed by atoms with Crippen molar-refractivity contribution in [2.24, 2.45) is 7.05 Å². The SMILES string of the molecule is Cn1cc(CN2CCC[C@@H](c3cccc(Nc4ncccn4)n3)C2)c2cc(F)ccc21. The zero-order valence-electron chi connectivity index (χ0n) is 17.5. The second-order valence-corrected chi connectivity index (χ2v) is 8.15. The molecule has 1 N–H and O–H groups in total. The fourth-order valence-electron chi connectivity index (χ4n) is 4.48. The minimum atomic E-state index is -0.188. The molecule has 0 aliphatic carbocycles. The van der Waals surface area contributed by atoms with E-state index in [4.69, 9.17) is 4.98 Å². The van der Waals surface area contributed by atoms with Crippen LogP contribution in [0.25, 0.3) is 10.9 Å². The van der Waals surface area contributed by atoms with Crippen LogP contribution < -0.4 is 5.32 Å². The average Bonchev–Trinajstić information content (AvgIpc) is 3.09. The number of aromatic nitrogens is 4. The highest BCUT2D eigenvalue weighted by atomic mass is 19.1. The summed E-state index contributed by atoms with van der Waals surface area (Å²) < 4.78 is 15.9. The van der Waals surface area contributed by atoms with E-state index in [2.05, 4.69) is 37.0 Å². The molecule has 1 atom stereocenters. The summed E-state index contributed by atoms with van der Waals surface area (Å²) in [6.45, 7) is 2.79. The van der Waals surface area contributed by atoms with Gasteiger partial charge in [0.1, 0.15) is 11.6 Å². The maximum Gasteiger partial charge on any atom is 0.228 e. The van der Waals surface area contributed by atoms with E-state index in [1.54, 1.807) is 24.5 Å². The number of halogens is 1. The third kappa shape index (κ3) is 4.27. The van der Waals surface area contributed by atoms with Gasteiger partial charge in [0.2, 0.25) is 5.95 Å². The number of anilines is 2. The van der Waals surface area contributed by atoms with Gasteiger partial charge in [0, 0.05) is 61.2 Å². The van der Waals surface area contributed by atoms with Gasteiger partial charge in [0.15, 0.2) is 0 Å². The summed E-state index contributed by atoms with van der Waals surface area (Å²) >= 11 is 0. The lowest BCUT2D eigenvalue weighted by atomic mass is 9.94. The van der Waals surface area contributed by atoms with E-state index < -0.39 is 0 Å². The van der Waals surface area contributed by atoms with Crippen LogP contribution in [0.15, 0.2) is 61.1 Å². The van der Waals surface area contributed by atoms with Gasteiger partial charge >= 0.3 is 0 Å². The predicted molar refractivity (Wildman–Crippen MR) is 120 cm³/mol. The van der Waals surface area contributed by atoms with Crippen molar-refractivity contribution in [3.8, 4) is 0 Å². The highest BCUT2D eigenvalue weighted by Crippen LogP contribution is 2.29. The first kappa shape index (κ1) is 19.6. The van der Waals surface area contributed by atoms with Crippen LogP contribution in [0.4, 0.5) is 16.2 Å². The average molecular weight is 417 g/mol. The molecule has 3 aromatic heterocycles. The van der Waals surface area contributed by atoms with E-state index >= 15 is 0 Å². The molecule has 7 heteroatoms. The molecule has 1 saturated heterocycles. The largest absolute Gasteiger partial charge is 0.350 e. The lowest BCUT2D eigenvalue weighted by Gasteiger charge is -2.32. The molecule has 0 spiro atoms. The van der Waals surface area contributed by atoms with Crippen LogP contribution in [0.1, 0.15) is 30.0 Å². The Bertz CT molecular complexity index is 1190. The first-order chi connectivity index (χ1) is 15.2. The Morgan fingerprint density at radius 1 is 1.13 bits per heavy atom. The van der Waals surface area contributed by atoms with Gasteiger partial charge in [-0.25, -0.2) is 19.3 Å². The molecule has 4 heterocycles. The fourth-order valence-corrected chi connectivity index (χ4v) is 4.48. The number of rotatable bonds is 5. The zero-order valence-corrected chi connectivity index (χ0v) is 17.5. The summed E-state index contributed by atoms with van der Waals surface area (Å²) in [5.74, 6) is 1.47. The molecule has 31 heavy (non-hydrogen) atoms. The Morgan fingerprint density at radius 2 is 2.00 bits per heavy atom. The van der Waals surface area contributed by atoms with Crippen molar-refractivity contribution in [3.63, 3.8) is 0 Å². The summed E-state index contributed by atoms with van der Waals surface area (Å²) in [4.78, 5) is 15.7. The van der Waals surface area contributed by atoms with Crippen molar-refractivity contribution in [2.75, 3.05) is 18.4 Å². The van der Waals surface area contributed by atoms with E-state index in [1.165, 1.54) is 11.6 Å². The maximum absolute atomic E-state index is 13.8. The minimum absolute atomic E-state index is 0.188. The van der Waals surface area contributed by atoms with Gasteiger partial charge in [0.05, 0.1) is 0 Å². The number of likely N-dealkylation sites (tertiary alicyclic amines) is 1. The third-order valence-electron chi connectivity index (χ3n) is 5.93. The van der Waals surface area contributed by atoms with Crippen molar-refractivity contribution >= 4 is 22.7 Å². The number of aryl methyl sites for hydroxylation is 1. The van der Waals surface area contributed by atoms with Gasteiger partial charge in [-0.1, -0.05) is 6.07 Å². The summed E-state index contributed by atoms with van der Waals surface area (Å²) in [6, 6.07) is 12.9. The van der Waals surface area contributed by atoms with Crippen molar-refractivity contribution in [1.29, 1.82) is 0 Å². The number of benzene rings is 1. The Balaban J connectivity index is 1.32. The van der Waals surface area contributed by atoms with Crippen molar-refractivity contribution in [3.05, 3.63) is 78.1 Å². The standard InChI is InChI=1S/C24H25FN6/c1-30-14-18(20-13-19(25)8-9-22(20)30)16-31-12-3-5-17(15-31)21-6-2-7-23(28-21)29-24-26-10-4-11-27-24/h2,4,6-11,13-14,17H,3,5,12,15-16H2,1H3,(H,26,27,28,29)/t17-/m1/s1. The molecule has 0 radical (unpaired) electrons. The molecule has 5 rings (SSSR count). The number of nitrogens with one attached hydrogen (secondary N) is 1. The number of piperidine rings is 1. The summed E-state index contributed by atoms with van der Waals surface area (Å²) in [5.41, 5.74) is 3.31. The van der Waals surface area contributed by atoms with E-state index in [9.17, 15) is 4.39 Å². The van der Waals surface area contributed by atoms with Crippen LogP contribution in [-0.4, -0.2) is 37.5 Å². The Morgan fingerprint density at radius 3 is 2.87 bits per heavy atom. The lowest BCUT2D eigenvalue weighted by molar-refractivity contribution is 0.199. The third-order valence-corrected chi connectivity index (χ3v) is 5.93. The first-order valence-electron chi connectivity index (χ1n) is 10.6. The minimum Gasteiger partial charge on any atom is -0.350 e. The van der Waals surface area contributed by atoms with Crippen molar-refractivity contribution in [2.45, 2.75) is 25.3 Å². The van der Waals surface area contributed by atoms with Crippen LogP contribution >= 0.6 is 0 Å². The quantitative estimate of drug-likeness (QED) is 0.514. The molecule has 0 bridgehead atoms. The van der Waals surface area contributed by atoms with Crippen LogP contribution in [0, 0.1) is 5.82 Å². The van der Waals surface area contributed by atoms with Gasteiger partial charge in [-0.05, 0) is 61.3 Å². The van der Waals surface area contributed by atoms with E-state index in [1.807, 2.05) is 25.2 Å². The molecular formula is C24H25FN6. The number of pyridine rings is 1. The predicted octanol–water partition coefficient (Wildman–Crippen LogP) is 4.63. The van der Waals surface area contributed by atoms with E-state index in [-0.39, 0.29) is 5.82 Å². The number of hydrogen-bond donors (Lipinski definition) is 1. The van der Waals surface area contributed by atoms with E-state index in [0.29, 0.717) is 11.9 Å². The zero-order chi connectivity index (χ0) is 21.2. The van der Waals surface area contributed by atoms with Crippen LogP contribution in [-0.2, 0) is 13.6 Å². The second-order valence-electron chi connectivity index (χ2n) is 8.15.